The second kappa shape index (κ2) is 9.93. The lowest BCUT2D eigenvalue weighted by atomic mass is 9.99. The highest BCUT2D eigenvalue weighted by Gasteiger charge is 2.21. The number of benzene rings is 1. The molecule has 0 amide bonds. The average Bonchev–Trinajstić information content (AvgIpc) is 3.50. The van der Waals surface area contributed by atoms with Crippen LogP contribution in [0.1, 0.15) is 37.3 Å². The van der Waals surface area contributed by atoms with E-state index in [1.54, 1.807) is 0 Å². The highest BCUT2D eigenvalue weighted by molar-refractivity contribution is 5.79. The molecule has 1 fully saturated rings. The van der Waals surface area contributed by atoms with E-state index in [0.717, 1.165) is 64.1 Å². The Morgan fingerprint density at radius 2 is 2.08 bits per heavy atom. The van der Waals surface area contributed by atoms with Crippen LogP contribution < -0.4 is 10.6 Å². The minimum atomic E-state index is 0.476. The molecule has 0 saturated heterocycles. The van der Waals surface area contributed by atoms with Gasteiger partial charge in [-0.2, -0.15) is 0 Å². The highest BCUT2D eigenvalue weighted by Crippen LogP contribution is 2.28. The van der Waals surface area contributed by atoms with Crippen LogP contribution in [0.5, 0.6) is 0 Å². The molecular weight excluding hydrogens is 324 g/mol. The maximum Gasteiger partial charge on any atom is 0.191 e. The van der Waals surface area contributed by atoms with Crippen molar-refractivity contribution in [2.24, 2.45) is 10.9 Å². The standard InChI is InChI=1S/C21H34N4O/c1-17(25-12-10-19-6-3-4-7-20(19)15-25)14-24-21(22-2)23-11-5-13-26-16-18-8-9-18/h3-4,6-7,17-18H,5,8-16H2,1-2H3,(H2,22,23,24). The molecule has 3 rings (SSSR count). The van der Waals surface area contributed by atoms with Gasteiger partial charge in [0.15, 0.2) is 5.96 Å². The van der Waals surface area contributed by atoms with Gasteiger partial charge in [-0.3, -0.25) is 9.89 Å². The first-order valence-corrected chi connectivity index (χ1v) is 10.1. The summed E-state index contributed by atoms with van der Waals surface area (Å²) in [6.07, 6.45) is 4.88. The first kappa shape index (κ1) is 19.2. The monoisotopic (exact) mass is 358 g/mol. The van der Waals surface area contributed by atoms with Crippen LogP contribution in [0, 0.1) is 5.92 Å². The third kappa shape index (κ3) is 5.99. The molecule has 1 aromatic carbocycles. The molecule has 2 aliphatic rings. The molecule has 1 aliphatic heterocycles. The molecule has 1 aromatic rings. The highest BCUT2D eigenvalue weighted by atomic mass is 16.5. The van der Waals surface area contributed by atoms with Crippen molar-refractivity contribution < 1.29 is 4.74 Å². The van der Waals surface area contributed by atoms with Crippen LogP contribution in [0.2, 0.25) is 0 Å². The molecule has 5 nitrogen and oxygen atoms in total. The topological polar surface area (TPSA) is 48.9 Å². The minimum Gasteiger partial charge on any atom is -0.381 e. The molecule has 1 atom stereocenters. The van der Waals surface area contributed by atoms with Crippen LogP contribution in [0.4, 0.5) is 0 Å². The zero-order valence-electron chi connectivity index (χ0n) is 16.3. The van der Waals surface area contributed by atoms with E-state index in [9.17, 15) is 0 Å². The predicted molar refractivity (Wildman–Crippen MR) is 108 cm³/mol. The van der Waals surface area contributed by atoms with Crippen LogP contribution in [0.15, 0.2) is 29.3 Å². The molecule has 26 heavy (non-hydrogen) atoms. The van der Waals surface area contributed by atoms with Crippen molar-refractivity contribution in [1.29, 1.82) is 0 Å². The second-order valence-corrected chi connectivity index (χ2v) is 7.59. The van der Waals surface area contributed by atoms with Crippen molar-refractivity contribution in [1.82, 2.24) is 15.5 Å². The lowest BCUT2D eigenvalue weighted by Crippen LogP contribution is -2.47. The molecule has 144 valence electrons. The number of hydrogen-bond donors (Lipinski definition) is 2. The molecular formula is C21H34N4O. The number of fused-ring (bicyclic) bond motifs is 1. The quantitative estimate of drug-likeness (QED) is 0.404. The Bertz CT molecular complexity index is 585. The number of nitrogens with one attached hydrogen (secondary N) is 2. The van der Waals surface area contributed by atoms with E-state index in [1.165, 1.54) is 24.0 Å². The van der Waals surface area contributed by atoms with Crippen LogP contribution in [-0.2, 0) is 17.7 Å². The summed E-state index contributed by atoms with van der Waals surface area (Å²) in [5.74, 6) is 1.73. The molecule has 0 radical (unpaired) electrons. The molecule has 1 unspecified atom stereocenters. The van der Waals surface area contributed by atoms with Gasteiger partial charge in [0.2, 0.25) is 0 Å². The summed E-state index contributed by atoms with van der Waals surface area (Å²) in [6.45, 7) is 8.05. The maximum absolute atomic E-state index is 5.67. The van der Waals surface area contributed by atoms with E-state index in [1.807, 2.05) is 7.05 Å². The Morgan fingerprint density at radius 3 is 2.85 bits per heavy atom. The third-order valence-electron chi connectivity index (χ3n) is 5.38. The SMILES string of the molecule is CN=C(NCCCOCC1CC1)NCC(C)N1CCc2ccccc2C1. The third-order valence-corrected chi connectivity index (χ3v) is 5.38. The fraction of sp³-hybridized carbons (Fsp3) is 0.667. The Balaban J connectivity index is 1.31. The molecule has 2 N–H and O–H groups in total. The van der Waals surface area contributed by atoms with Gasteiger partial charge in [-0.1, -0.05) is 24.3 Å². The first-order valence-electron chi connectivity index (χ1n) is 10.1. The van der Waals surface area contributed by atoms with E-state index in [2.05, 4.69) is 51.7 Å². The molecule has 5 heteroatoms. The summed E-state index contributed by atoms with van der Waals surface area (Å²) in [5.41, 5.74) is 2.98. The van der Waals surface area contributed by atoms with Gasteiger partial charge in [-0.25, -0.2) is 0 Å². The van der Waals surface area contributed by atoms with Crippen molar-refractivity contribution >= 4 is 5.96 Å². The number of aliphatic imine (C=N–C) groups is 1. The summed E-state index contributed by atoms with van der Waals surface area (Å²) in [7, 11) is 1.83. The van der Waals surface area contributed by atoms with Crippen LogP contribution in [0.25, 0.3) is 0 Å². The summed E-state index contributed by atoms with van der Waals surface area (Å²) >= 11 is 0. The van der Waals surface area contributed by atoms with Gasteiger partial charge in [0.05, 0.1) is 0 Å². The Kier molecular flexibility index (Phi) is 7.32. The molecule has 0 bridgehead atoms. The summed E-state index contributed by atoms with van der Waals surface area (Å²) < 4.78 is 5.67. The minimum absolute atomic E-state index is 0.476. The fourth-order valence-corrected chi connectivity index (χ4v) is 3.40. The number of hydrogen-bond acceptors (Lipinski definition) is 3. The van der Waals surface area contributed by atoms with Crippen LogP contribution >= 0.6 is 0 Å². The summed E-state index contributed by atoms with van der Waals surface area (Å²) in [6, 6.07) is 9.28. The zero-order valence-corrected chi connectivity index (χ0v) is 16.3. The Labute approximate surface area is 158 Å². The summed E-state index contributed by atoms with van der Waals surface area (Å²) in [5, 5.41) is 6.85. The normalized spacial score (nSPS) is 19.1. The molecule has 0 aromatic heterocycles. The predicted octanol–water partition coefficient (Wildman–Crippen LogP) is 2.41. The van der Waals surface area contributed by atoms with E-state index < -0.39 is 0 Å². The van der Waals surface area contributed by atoms with Gasteiger partial charge in [0, 0.05) is 52.5 Å². The van der Waals surface area contributed by atoms with Gasteiger partial charge < -0.3 is 15.4 Å². The smallest absolute Gasteiger partial charge is 0.191 e. The van der Waals surface area contributed by atoms with Crippen molar-refractivity contribution in [3.63, 3.8) is 0 Å². The van der Waals surface area contributed by atoms with E-state index in [-0.39, 0.29) is 0 Å². The number of nitrogens with zero attached hydrogens (tertiary/aromatic N) is 2. The molecule has 1 aliphatic carbocycles. The van der Waals surface area contributed by atoms with E-state index >= 15 is 0 Å². The molecule has 0 spiro atoms. The number of rotatable bonds is 9. The molecule has 1 saturated carbocycles. The Morgan fingerprint density at radius 1 is 1.27 bits per heavy atom. The van der Waals surface area contributed by atoms with Crippen molar-refractivity contribution in [2.45, 2.75) is 45.2 Å². The lowest BCUT2D eigenvalue weighted by Gasteiger charge is -2.34. The average molecular weight is 359 g/mol. The summed E-state index contributed by atoms with van der Waals surface area (Å²) in [4.78, 5) is 6.88. The van der Waals surface area contributed by atoms with Gasteiger partial charge >= 0.3 is 0 Å². The van der Waals surface area contributed by atoms with E-state index in [4.69, 9.17) is 4.74 Å². The van der Waals surface area contributed by atoms with E-state index in [0.29, 0.717) is 6.04 Å². The largest absolute Gasteiger partial charge is 0.381 e. The fourth-order valence-electron chi connectivity index (χ4n) is 3.40. The van der Waals surface area contributed by atoms with Crippen molar-refractivity contribution in [3.05, 3.63) is 35.4 Å². The zero-order chi connectivity index (χ0) is 18.2. The second-order valence-electron chi connectivity index (χ2n) is 7.59. The van der Waals surface area contributed by atoms with Crippen molar-refractivity contribution in [2.75, 3.05) is 39.9 Å². The van der Waals surface area contributed by atoms with Gasteiger partial charge in [-0.05, 0) is 49.7 Å². The van der Waals surface area contributed by atoms with Gasteiger partial charge in [0.1, 0.15) is 0 Å². The van der Waals surface area contributed by atoms with Crippen molar-refractivity contribution in [3.8, 4) is 0 Å². The number of guanidine groups is 1. The lowest BCUT2D eigenvalue weighted by molar-refractivity contribution is 0.123. The van der Waals surface area contributed by atoms with Crippen LogP contribution in [-0.4, -0.2) is 56.8 Å². The maximum atomic E-state index is 5.67. The first-order chi connectivity index (χ1) is 12.8. The molecule has 1 heterocycles. The Hall–Kier alpha value is -1.59. The van der Waals surface area contributed by atoms with Gasteiger partial charge in [-0.15, -0.1) is 0 Å². The van der Waals surface area contributed by atoms with Gasteiger partial charge in [0.25, 0.3) is 0 Å². The number of ether oxygens (including phenoxy) is 1. The van der Waals surface area contributed by atoms with Crippen LogP contribution in [0.3, 0.4) is 0 Å².